The minimum atomic E-state index is 0. The van der Waals surface area contributed by atoms with Crippen LogP contribution in [0, 0.1) is 21.8 Å². The summed E-state index contributed by atoms with van der Waals surface area (Å²) in [7, 11) is 0. The normalized spacial score (nSPS) is 7.09. The number of ether oxygens (including phenoxy) is 1. The Morgan fingerprint density at radius 3 is 2.09 bits per heavy atom. The summed E-state index contributed by atoms with van der Waals surface area (Å²) in [5.74, 6) is 0. The van der Waals surface area contributed by atoms with E-state index in [1.807, 2.05) is 0 Å². The first kappa shape index (κ1) is 22.9. The predicted molar refractivity (Wildman–Crippen MR) is 48.5 cm³/mol. The van der Waals surface area contributed by atoms with Gasteiger partial charge in [0.05, 0.1) is 0 Å². The largest absolute Gasteiger partial charge is 1.00 e. The molecule has 0 unspecified atom stereocenters. The summed E-state index contributed by atoms with van der Waals surface area (Å²) >= 11 is 0. The monoisotopic (exact) mass is 184 g/mol. The molecule has 0 heterocycles. The molecule has 0 aromatic carbocycles. The zero-order valence-corrected chi connectivity index (χ0v) is 11.8. The van der Waals surface area contributed by atoms with E-state index in [1.165, 1.54) is 12.8 Å². The molecule has 0 aliphatic carbocycles. The fourth-order valence-electron chi connectivity index (χ4n) is 0.451. The molecule has 0 aliphatic rings. The Morgan fingerprint density at radius 2 is 1.73 bits per heavy atom. The van der Waals surface area contributed by atoms with Crippen LogP contribution in [0.2, 0.25) is 0 Å². The third kappa shape index (κ3) is 24.5. The van der Waals surface area contributed by atoms with Gasteiger partial charge in [0.1, 0.15) is 0 Å². The van der Waals surface area contributed by atoms with Crippen LogP contribution in [0.4, 0.5) is 0 Å². The van der Waals surface area contributed by atoms with Crippen molar-refractivity contribution >= 4 is 0 Å². The molecule has 0 atom stereocenters. The smallest absolute Gasteiger partial charge is 0.384 e. The van der Waals surface area contributed by atoms with Crippen molar-refractivity contribution in [2.24, 2.45) is 0 Å². The van der Waals surface area contributed by atoms with Gasteiger partial charge in [-0.05, 0) is 6.42 Å². The van der Waals surface area contributed by atoms with Gasteiger partial charge in [-0.2, -0.15) is 6.42 Å². The first-order chi connectivity index (χ1) is 3.91. The van der Waals surface area contributed by atoms with Crippen LogP contribution in [-0.4, -0.2) is 13.2 Å². The molecule has 0 radical (unpaired) electrons. The molecular weight excluding hydrogens is 163 g/mol. The van der Waals surface area contributed by atoms with Crippen molar-refractivity contribution in [3.8, 4) is 0 Å². The number of hydrogen-bond donors (Lipinski definition) is 0. The first-order valence-corrected chi connectivity index (χ1v) is 3.28. The summed E-state index contributed by atoms with van der Waals surface area (Å²) in [6.07, 6.45) is 3.29. The summed E-state index contributed by atoms with van der Waals surface area (Å²) in [6.45, 7) is 7.55. The maximum absolute atomic E-state index is 5.16. The van der Waals surface area contributed by atoms with Crippen LogP contribution in [0.3, 0.4) is 0 Å². The summed E-state index contributed by atoms with van der Waals surface area (Å²) in [5, 5.41) is 0. The average Bonchev–Trinajstić information content (AvgIpc) is 1.81. The van der Waals surface area contributed by atoms with E-state index in [0.717, 1.165) is 19.6 Å². The summed E-state index contributed by atoms with van der Waals surface area (Å²) in [4.78, 5) is 0. The molecule has 0 saturated heterocycles. The van der Waals surface area contributed by atoms with E-state index >= 15 is 0 Å². The van der Waals surface area contributed by atoms with E-state index in [4.69, 9.17) is 4.74 Å². The third-order valence-electron chi connectivity index (χ3n) is 0.931. The molecule has 0 aromatic rings. The van der Waals surface area contributed by atoms with Crippen molar-refractivity contribution in [2.75, 3.05) is 13.2 Å². The topological polar surface area (TPSA) is 9.23 Å². The van der Waals surface area contributed by atoms with Crippen LogP contribution < -0.4 is 51.4 Å². The van der Waals surface area contributed by atoms with Gasteiger partial charge in [-0.1, -0.05) is 13.3 Å². The molecule has 0 bridgehead atoms. The minimum absolute atomic E-state index is 0. The minimum Gasteiger partial charge on any atom is -0.384 e. The second-order valence-corrected chi connectivity index (χ2v) is 1.82. The standard InChI is InChI=1S/C7H15O.2CH3.K/c1-3-5-7-8-6-4-2;;;/h2-7H2,1H3;2*1H3;/q3*-1;+1. The van der Waals surface area contributed by atoms with Crippen LogP contribution in [-0.2, 0) is 4.74 Å². The van der Waals surface area contributed by atoms with E-state index in [2.05, 4.69) is 13.8 Å². The van der Waals surface area contributed by atoms with Gasteiger partial charge in [-0.25, -0.2) is 0 Å². The maximum atomic E-state index is 5.16. The average molecular weight is 184 g/mol. The van der Waals surface area contributed by atoms with Crippen LogP contribution in [0.15, 0.2) is 0 Å². The number of hydrogen-bond acceptors (Lipinski definition) is 1. The van der Waals surface area contributed by atoms with Gasteiger partial charge < -0.3 is 26.5 Å². The second kappa shape index (κ2) is 22.6. The van der Waals surface area contributed by atoms with Crippen LogP contribution in [0.5, 0.6) is 0 Å². The molecule has 1 nitrogen and oxygen atoms in total. The molecule has 0 fully saturated rings. The Labute approximate surface area is 116 Å². The van der Waals surface area contributed by atoms with E-state index < -0.39 is 0 Å². The molecule has 2 heteroatoms. The van der Waals surface area contributed by atoms with Crippen molar-refractivity contribution in [1.29, 1.82) is 0 Å². The summed E-state index contributed by atoms with van der Waals surface area (Å²) in [6, 6.07) is 0. The van der Waals surface area contributed by atoms with Crippen molar-refractivity contribution < 1.29 is 56.1 Å². The van der Waals surface area contributed by atoms with Crippen LogP contribution in [0.25, 0.3) is 0 Å². The van der Waals surface area contributed by atoms with Gasteiger partial charge >= 0.3 is 51.4 Å². The Balaban J connectivity index is -0.0000000817. The molecular formula is C9H21KO-2. The summed E-state index contributed by atoms with van der Waals surface area (Å²) < 4.78 is 5.16. The van der Waals surface area contributed by atoms with Crippen molar-refractivity contribution in [3.63, 3.8) is 0 Å². The van der Waals surface area contributed by atoms with Crippen molar-refractivity contribution in [1.82, 2.24) is 0 Å². The van der Waals surface area contributed by atoms with Gasteiger partial charge in [-0.3, -0.25) is 0 Å². The zero-order valence-electron chi connectivity index (χ0n) is 8.65. The van der Waals surface area contributed by atoms with E-state index in [9.17, 15) is 0 Å². The Kier molecular flexibility index (Phi) is 47.0. The molecule has 0 spiro atoms. The van der Waals surface area contributed by atoms with E-state index in [1.54, 1.807) is 0 Å². The quantitative estimate of drug-likeness (QED) is 0.330. The summed E-state index contributed by atoms with van der Waals surface area (Å²) in [5.41, 5.74) is 0. The zero-order chi connectivity index (χ0) is 6.24. The second-order valence-electron chi connectivity index (χ2n) is 1.82. The van der Waals surface area contributed by atoms with Gasteiger partial charge in [-0.15, -0.1) is 0 Å². The molecule has 0 amide bonds. The first-order valence-electron chi connectivity index (χ1n) is 3.28. The van der Waals surface area contributed by atoms with Crippen molar-refractivity contribution in [3.05, 3.63) is 21.8 Å². The van der Waals surface area contributed by atoms with Gasteiger partial charge in [0.2, 0.25) is 0 Å². The van der Waals surface area contributed by atoms with Crippen LogP contribution >= 0.6 is 0 Å². The molecule has 0 aromatic heterocycles. The third-order valence-corrected chi connectivity index (χ3v) is 0.931. The van der Waals surface area contributed by atoms with Gasteiger partial charge in [0, 0.05) is 13.2 Å². The fraction of sp³-hybridized carbons (Fsp3) is 0.667. The Bertz CT molecular complexity index is 34.5. The number of rotatable bonds is 5. The molecule has 66 valence electrons. The van der Waals surface area contributed by atoms with Crippen molar-refractivity contribution in [2.45, 2.75) is 26.2 Å². The number of unbranched alkanes of at least 4 members (excludes halogenated alkanes) is 1. The molecule has 11 heavy (non-hydrogen) atoms. The molecule has 0 aliphatic heterocycles. The van der Waals surface area contributed by atoms with E-state index in [-0.39, 0.29) is 66.2 Å². The van der Waals surface area contributed by atoms with E-state index in [0.29, 0.717) is 0 Å². The SMILES string of the molecule is [CH2-]CCOCCCC.[CH3-].[CH3-].[K+]. The molecule has 0 rings (SSSR count). The maximum Gasteiger partial charge on any atom is 1.00 e. The van der Waals surface area contributed by atoms with Crippen LogP contribution in [0.1, 0.15) is 26.2 Å². The Morgan fingerprint density at radius 1 is 1.18 bits per heavy atom. The predicted octanol–water partition coefficient (Wildman–Crippen LogP) is -0.0681. The Hall–Kier alpha value is 1.60. The van der Waals surface area contributed by atoms with Gasteiger partial charge in [0.15, 0.2) is 0 Å². The molecule has 0 N–H and O–H groups in total. The fourth-order valence-corrected chi connectivity index (χ4v) is 0.451. The van der Waals surface area contributed by atoms with Gasteiger partial charge in [0.25, 0.3) is 0 Å². The molecule has 0 saturated carbocycles.